The van der Waals surface area contributed by atoms with E-state index >= 15 is 0 Å². The van der Waals surface area contributed by atoms with Gasteiger partial charge in [-0.25, -0.2) is 0 Å². The fraction of sp³-hybridized carbons (Fsp3) is 0.538. The van der Waals surface area contributed by atoms with Crippen molar-refractivity contribution in [3.63, 3.8) is 0 Å². The van der Waals surface area contributed by atoms with Crippen molar-refractivity contribution in [2.75, 3.05) is 24.6 Å². The lowest BCUT2D eigenvalue weighted by Gasteiger charge is -2.31. The van der Waals surface area contributed by atoms with Gasteiger partial charge in [0.1, 0.15) is 0 Å². The Morgan fingerprint density at radius 2 is 2.00 bits per heavy atom. The topological polar surface area (TPSA) is 49.5 Å². The average Bonchev–Trinajstić information content (AvgIpc) is 2.38. The van der Waals surface area contributed by atoms with Gasteiger partial charge in [0.2, 0.25) is 0 Å². The number of halogens is 1. The van der Waals surface area contributed by atoms with Crippen LogP contribution in [0, 0.1) is 0 Å². The number of piperidine rings is 1. The molecule has 1 heterocycles. The number of anilines is 1. The Hall–Kier alpha value is -0.770. The lowest BCUT2D eigenvalue weighted by atomic mass is 10.0. The first-order valence-electron chi connectivity index (χ1n) is 6.13. The van der Waals surface area contributed by atoms with Crippen LogP contribution in [0.1, 0.15) is 30.9 Å². The molecular formula is C13H19ClN2O. The van der Waals surface area contributed by atoms with Crippen molar-refractivity contribution in [1.82, 2.24) is 0 Å². The Bertz CT molecular complexity index is 378. The van der Waals surface area contributed by atoms with E-state index in [9.17, 15) is 5.11 Å². The highest BCUT2D eigenvalue weighted by molar-refractivity contribution is 6.30. The molecule has 0 aliphatic carbocycles. The van der Waals surface area contributed by atoms with E-state index in [-0.39, 0.29) is 12.6 Å². The number of hydrogen-bond donors (Lipinski definition) is 2. The third-order valence-corrected chi connectivity index (χ3v) is 3.52. The van der Waals surface area contributed by atoms with Crippen LogP contribution in [0.2, 0.25) is 5.02 Å². The van der Waals surface area contributed by atoms with Crippen LogP contribution >= 0.6 is 11.6 Å². The Kier molecular flexibility index (Phi) is 4.26. The van der Waals surface area contributed by atoms with Gasteiger partial charge in [0.05, 0.1) is 12.6 Å². The first kappa shape index (κ1) is 12.7. The molecular weight excluding hydrogens is 236 g/mol. The van der Waals surface area contributed by atoms with Gasteiger partial charge >= 0.3 is 0 Å². The van der Waals surface area contributed by atoms with Gasteiger partial charge < -0.3 is 15.7 Å². The molecule has 94 valence electrons. The maximum atomic E-state index is 9.22. The van der Waals surface area contributed by atoms with Gasteiger partial charge in [-0.2, -0.15) is 0 Å². The first-order valence-corrected chi connectivity index (χ1v) is 6.51. The number of rotatable bonds is 3. The van der Waals surface area contributed by atoms with Crippen LogP contribution in [0.4, 0.5) is 5.69 Å². The zero-order chi connectivity index (χ0) is 12.3. The molecule has 1 fully saturated rings. The van der Waals surface area contributed by atoms with E-state index in [0.29, 0.717) is 5.02 Å². The second-order valence-electron chi connectivity index (χ2n) is 4.54. The maximum absolute atomic E-state index is 9.22. The fourth-order valence-electron chi connectivity index (χ4n) is 2.34. The monoisotopic (exact) mass is 254 g/mol. The summed E-state index contributed by atoms with van der Waals surface area (Å²) < 4.78 is 0. The number of hydrogen-bond acceptors (Lipinski definition) is 3. The summed E-state index contributed by atoms with van der Waals surface area (Å²) in [4.78, 5) is 2.34. The molecule has 0 radical (unpaired) electrons. The molecule has 1 unspecified atom stereocenters. The van der Waals surface area contributed by atoms with Crippen LogP contribution in [0.3, 0.4) is 0 Å². The molecule has 1 aliphatic heterocycles. The molecule has 1 aromatic carbocycles. The molecule has 0 aromatic heterocycles. The number of nitrogens with zero attached hydrogens (tertiary/aromatic N) is 1. The number of aliphatic hydroxyl groups excluding tert-OH is 1. The first-order chi connectivity index (χ1) is 8.22. The van der Waals surface area contributed by atoms with E-state index in [1.807, 2.05) is 18.2 Å². The second kappa shape index (κ2) is 5.71. The van der Waals surface area contributed by atoms with Gasteiger partial charge in [0.15, 0.2) is 0 Å². The summed E-state index contributed by atoms with van der Waals surface area (Å²) >= 11 is 6.00. The summed E-state index contributed by atoms with van der Waals surface area (Å²) in [6.45, 7) is 2.07. The van der Waals surface area contributed by atoms with Crippen LogP contribution in [-0.4, -0.2) is 24.8 Å². The second-order valence-corrected chi connectivity index (χ2v) is 4.98. The summed E-state index contributed by atoms with van der Waals surface area (Å²) in [5, 5.41) is 9.89. The van der Waals surface area contributed by atoms with Gasteiger partial charge in [0, 0.05) is 23.8 Å². The van der Waals surface area contributed by atoms with Crippen molar-refractivity contribution in [3.8, 4) is 0 Å². The highest BCUT2D eigenvalue weighted by Gasteiger charge is 2.17. The molecule has 1 aromatic rings. The minimum absolute atomic E-state index is 0.0544. The zero-order valence-corrected chi connectivity index (χ0v) is 10.7. The molecule has 1 saturated heterocycles. The summed E-state index contributed by atoms with van der Waals surface area (Å²) in [7, 11) is 0. The van der Waals surface area contributed by atoms with Crippen LogP contribution in [-0.2, 0) is 0 Å². The van der Waals surface area contributed by atoms with Crippen LogP contribution in [0.5, 0.6) is 0 Å². The number of benzene rings is 1. The Morgan fingerprint density at radius 1 is 1.29 bits per heavy atom. The quantitative estimate of drug-likeness (QED) is 0.871. The molecule has 0 saturated carbocycles. The number of nitrogens with two attached hydrogens (primary N) is 1. The molecule has 2 rings (SSSR count). The maximum Gasteiger partial charge on any atom is 0.0625 e. The van der Waals surface area contributed by atoms with Crippen molar-refractivity contribution < 1.29 is 5.11 Å². The summed E-state index contributed by atoms with van der Waals surface area (Å²) in [5.41, 5.74) is 8.00. The fourth-order valence-corrected chi connectivity index (χ4v) is 2.52. The van der Waals surface area contributed by atoms with E-state index in [1.165, 1.54) is 19.3 Å². The third kappa shape index (κ3) is 2.92. The van der Waals surface area contributed by atoms with Crippen LogP contribution < -0.4 is 10.6 Å². The van der Waals surface area contributed by atoms with Crippen molar-refractivity contribution in [2.45, 2.75) is 25.3 Å². The largest absolute Gasteiger partial charge is 0.394 e. The Balaban J connectivity index is 2.30. The lowest BCUT2D eigenvalue weighted by Crippen LogP contribution is -2.31. The third-order valence-electron chi connectivity index (χ3n) is 3.28. The van der Waals surface area contributed by atoms with Crippen molar-refractivity contribution in [3.05, 3.63) is 28.8 Å². The van der Waals surface area contributed by atoms with Gasteiger partial charge in [-0.15, -0.1) is 0 Å². The summed E-state index contributed by atoms with van der Waals surface area (Å²) in [6.07, 6.45) is 3.73. The molecule has 1 aliphatic rings. The van der Waals surface area contributed by atoms with Crippen LogP contribution in [0.25, 0.3) is 0 Å². The molecule has 17 heavy (non-hydrogen) atoms. The van der Waals surface area contributed by atoms with Gasteiger partial charge in [-0.1, -0.05) is 11.6 Å². The normalized spacial score (nSPS) is 18.2. The summed E-state index contributed by atoms with van der Waals surface area (Å²) in [5.74, 6) is 0. The van der Waals surface area contributed by atoms with Gasteiger partial charge in [-0.3, -0.25) is 0 Å². The van der Waals surface area contributed by atoms with E-state index in [4.69, 9.17) is 17.3 Å². The Morgan fingerprint density at radius 3 is 2.65 bits per heavy atom. The molecule has 0 spiro atoms. The van der Waals surface area contributed by atoms with Crippen molar-refractivity contribution in [1.29, 1.82) is 0 Å². The van der Waals surface area contributed by atoms with E-state index in [2.05, 4.69) is 4.90 Å². The highest BCUT2D eigenvalue weighted by atomic mass is 35.5. The Labute approximate surface area is 107 Å². The van der Waals surface area contributed by atoms with Crippen molar-refractivity contribution in [2.24, 2.45) is 5.73 Å². The van der Waals surface area contributed by atoms with E-state index < -0.39 is 0 Å². The van der Waals surface area contributed by atoms with Crippen LogP contribution in [0.15, 0.2) is 18.2 Å². The van der Waals surface area contributed by atoms with E-state index in [1.54, 1.807) is 0 Å². The minimum Gasteiger partial charge on any atom is -0.394 e. The lowest BCUT2D eigenvalue weighted by molar-refractivity contribution is 0.268. The summed E-state index contributed by atoms with van der Waals surface area (Å²) in [6, 6.07) is 5.41. The van der Waals surface area contributed by atoms with E-state index in [0.717, 1.165) is 24.3 Å². The average molecular weight is 255 g/mol. The number of aliphatic hydroxyl groups is 1. The molecule has 1 atom stereocenters. The molecule has 0 bridgehead atoms. The standard InChI is InChI=1S/C13H19ClN2O/c14-10-4-5-13(11(8-10)12(15)9-17)16-6-2-1-3-7-16/h4-5,8,12,17H,1-3,6-7,9,15H2. The van der Waals surface area contributed by atoms with Crippen molar-refractivity contribution >= 4 is 17.3 Å². The highest BCUT2D eigenvalue weighted by Crippen LogP contribution is 2.30. The molecule has 0 amide bonds. The minimum atomic E-state index is -0.356. The van der Waals surface area contributed by atoms with Gasteiger partial charge in [-0.05, 0) is 43.0 Å². The smallest absolute Gasteiger partial charge is 0.0625 e. The van der Waals surface area contributed by atoms with Gasteiger partial charge in [0.25, 0.3) is 0 Å². The molecule has 3 N–H and O–H groups in total. The molecule has 3 nitrogen and oxygen atoms in total. The predicted molar refractivity (Wildman–Crippen MR) is 71.5 cm³/mol. The predicted octanol–water partition coefficient (Wildman–Crippen LogP) is 2.32. The SMILES string of the molecule is NC(CO)c1cc(Cl)ccc1N1CCCCC1. The zero-order valence-electron chi connectivity index (χ0n) is 9.90. The molecule has 4 heteroatoms.